The molecule has 8 nitrogen and oxygen atoms in total. The first-order chi connectivity index (χ1) is 12.9. The van der Waals surface area contributed by atoms with Crippen LogP contribution in [0.3, 0.4) is 0 Å². The predicted molar refractivity (Wildman–Crippen MR) is 106 cm³/mol. The number of aromatic amines is 1. The van der Waals surface area contributed by atoms with Crippen molar-refractivity contribution in [2.24, 2.45) is 7.05 Å². The van der Waals surface area contributed by atoms with E-state index in [1.165, 1.54) is 15.7 Å². The average Bonchev–Trinajstić information content (AvgIpc) is 3.12. The average molecular weight is 366 g/mol. The van der Waals surface area contributed by atoms with Gasteiger partial charge < -0.3 is 9.88 Å². The van der Waals surface area contributed by atoms with Gasteiger partial charge in [0.15, 0.2) is 11.2 Å². The first-order valence-corrected chi connectivity index (χ1v) is 8.85. The topological polar surface area (TPSA) is 89.1 Å². The molecular weight excluding hydrogens is 344 g/mol. The van der Waals surface area contributed by atoms with Gasteiger partial charge >= 0.3 is 5.69 Å². The van der Waals surface area contributed by atoms with Crippen molar-refractivity contribution in [3.8, 4) is 0 Å². The summed E-state index contributed by atoms with van der Waals surface area (Å²) in [5, 5.41) is 3.43. The smallest absolute Gasteiger partial charge is 0.329 e. The summed E-state index contributed by atoms with van der Waals surface area (Å²) in [6, 6.07) is 6.30. The Balaban J connectivity index is 1.68. The lowest BCUT2D eigenvalue weighted by atomic mass is 10.1. The van der Waals surface area contributed by atoms with Crippen molar-refractivity contribution in [1.82, 2.24) is 23.5 Å². The van der Waals surface area contributed by atoms with Gasteiger partial charge in [-0.2, -0.15) is 4.98 Å². The molecule has 8 heteroatoms. The van der Waals surface area contributed by atoms with Crippen molar-refractivity contribution in [2.75, 3.05) is 11.9 Å². The van der Waals surface area contributed by atoms with Gasteiger partial charge in [0.05, 0.1) is 0 Å². The zero-order valence-electron chi connectivity index (χ0n) is 15.8. The predicted octanol–water partition coefficient (Wildman–Crippen LogP) is 1.71. The number of imidazole rings is 2. The lowest BCUT2D eigenvalue weighted by molar-refractivity contribution is 0.724. The van der Waals surface area contributed by atoms with Gasteiger partial charge in [-0.3, -0.25) is 18.7 Å². The number of aryl methyl sites for hydroxylation is 4. The number of nitrogens with one attached hydrogen (secondary N) is 2. The van der Waals surface area contributed by atoms with Crippen molar-refractivity contribution in [2.45, 2.75) is 27.3 Å². The molecule has 4 aromatic rings. The molecule has 0 saturated carbocycles. The zero-order chi connectivity index (χ0) is 19.3. The van der Waals surface area contributed by atoms with E-state index in [9.17, 15) is 9.59 Å². The van der Waals surface area contributed by atoms with E-state index in [1.54, 1.807) is 11.4 Å². The van der Waals surface area contributed by atoms with E-state index in [1.807, 2.05) is 17.7 Å². The second kappa shape index (κ2) is 6.15. The Hall–Kier alpha value is -3.29. The van der Waals surface area contributed by atoms with Gasteiger partial charge in [-0.05, 0) is 44.0 Å². The first-order valence-electron chi connectivity index (χ1n) is 8.85. The molecular formula is C19H22N6O2. The highest BCUT2D eigenvalue weighted by Gasteiger charge is 2.17. The summed E-state index contributed by atoms with van der Waals surface area (Å²) in [6.45, 7) is 7.57. The van der Waals surface area contributed by atoms with Gasteiger partial charge in [0.2, 0.25) is 5.78 Å². The maximum absolute atomic E-state index is 12.3. The highest BCUT2D eigenvalue weighted by Crippen LogP contribution is 2.17. The number of rotatable bonds is 4. The molecule has 2 N–H and O–H groups in total. The molecule has 0 unspecified atom stereocenters. The Morgan fingerprint density at radius 1 is 1.15 bits per heavy atom. The van der Waals surface area contributed by atoms with Crippen LogP contribution in [0.5, 0.6) is 0 Å². The number of hydrogen-bond acceptors (Lipinski definition) is 4. The summed E-state index contributed by atoms with van der Waals surface area (Å²) in [5.41, 5.74) is 4.47. The number of H-pyrrole nitrogens is 1. The molecule has 27 heavy (non-hydrogen) atoms. The molecule has 140 valence electrons. The zero-order valence-corrected chi connectivity index (χ0v) is 15.8. The van der Waals surface area contributed by atoms with E-state index in [4.69, 9.17) is 0 Å². The van der Waals surface area contributed by atoms with Crippen LogP contribution in [0.1, 0.15) is 16.8 Å². The fourth-order valence-electron chi connectivity index (χ4n) is 3.36. The SMILES string of the molecule is Cc1ccc(NCCn2c(C)cn3c4c(=O)[nH]c(=O)n(C)c4nc23)cc1C. The molecule has 0 atom stereocenters. The fourth-order valence-corrected chi connectivity index (χ4v) is 3.36. The molecule has 0 saturated heterocycles. The molecule has 0 aliphatic heterocycles. The summed E-state index contributed by atoms with van der Waals surface area (Å²) >= 11 is 0. The summed E-state index contributed by atoms with van der Waals surface area (Å²) in [5.74, 6) is 0.649. The highest BCUT2D eigenvalue weighted by atomic mass is 16.2. The molecule has 3 aromatic heterocycles. The third-order valence-corrected chi connectivity index (χ3v) is 5.09. The molecule has 0 spiro atoms. The van der Waals surface area contributed by atoms with Gasteiger partial charge in [-0.25, -0.2) is 4.79 Å². The maximum atomic E-state index is 12.3. The van der Waals surface area contributed by atoms with Gasteiger partial charge in [-0.1, -0.05) is 6.07 Å². The fraction of sp³-hybridized carbons (Fsp3) is 0.316. The molecule has 4 rings (SSSR count). The normalized spacial score (nSPS) is 11.6. The van der Waals surface area contributed by atoms with E-state index in [0.717, 1.165) is 11.4 Å². The van der Waals surface area contributed by atoms with Crippen LogP contribution in [-0.2, 0) is 13.6 Å². The van der Waals surface area contributed by atoms with Gasteiger partial charge in [0, 0.05) is 37.7 Å². The van der Waals surface area contributed by atoms with E-state index < -0.39 is 11.2 Å². The van der Waals surface area contributed by atoms with Crippen molar-refractivity contribution >= 4 is 22.6 Å². The van der Waals surface area contributed by atoms with Crippen LogP contribution in [0.15, 0.2) is 34.0 Å². The molecule has 0 bridgehead atoms. The third-order valence-electron chi connectivity index (χ3n) is 5.09. The van der Waals surface area contributed by atoms with Crippen LogP contribution >= 0.6 is 0 Å². The minimum atomic E-state index is -0.465. The van der Waals surface area contributed by atoms with Crippen molar-refractivity contribution in [3.63, 3.8) is 0 Å². The number of nitrogens with zero attached hydrogens (tertiary/aromatic N) is 4. The number of benzene rings is 1. The Kier molecular flexibility index (Phi) is 3.91. The van der Waals surface area contributed by atoms with E-state index in [0.29, 0.717) is 30.0 Å². The van der Waals surface area contributed by atoms with Gasteiger partial charge in [0.1, 0.15) is 0 Å². The Labute approximate surface area is 155 Å². The minimum absolute atomic E-state index is 0.384. The number of hydrogen-bond donors (Lipinski definition) is 2. The third kappa shape index (κ3) is 2.73. The lowest BCUT2D eigenvalue weighted by Gasteiger charge is -2.10. The van der Waals surface area contributed by atoms with E-state index in [2.05, 4.69) is 47.3 Å². The van der Waals surface area contributed by atoms with Crippen LogP contribution in [0.25, 0.3) is 16.9 Å². The van der Waals surface area contributed by atoms with Crippen LogP contribution in [0.4, 0.5) is 5.69 Å². The molecule has 3 heterocycles. The maximum Gasteiger partial charge on any atom is 0.329 e. The summed E-state index contributed by atoms with van der Waals surface area (Å²) in [7, 11) is 1.60. The largest absolute Gasteiger partial charge is 0.383 e. The number of aromatic nitrogens is 5. The van der Waals surface area contributed by atoms with E-state index >= 15 is 0 Å². The Bertz CT molecular complexity index is 1290. The van der Waals surface area contributed by atoms with Crippen LogP contribution in [0.2, 0.25) is 0 Å². The van der Waals surface area contributed by atoms with Crippen LogP contribution < -0.4 is 16.6 Å². The van der Waals surface area contributed by atoms with Crippen LogP contribution in [-0.4, -0.2) is 30.0 Å². The summed E-state index contributed by atoms with van der Waals surface area (Å²) < 4.78 is 5.15. The monoisotopic (exact) mass is 366 g/mol. The first kappa shape index (κ1) is 17.1. The van der Waals surface area contributed by atoms with Gasteiger partial charge in [0.25, 0.3) is 5.56 Å². The highest BCUT2D eigenvalue weighted by molar-refractivity contribution is 5.75. The molecule has 0 fully saturated rings. The van der Waals surface area contributed by atoms with Crippen molar-refractivity contribution in [1.29, 1.82) is 0 Å². The minimum Gasteiger partial charge on any atom is -0.383 e. The molecule has 0 radical (unpaired) electrons. The lowest BCUT2D eigenvalue weighted by Crippen LogP contribution is -2.28. The second-order valence-corrected chi connectivity index (χ2v) is 6.92. The van der Waals surface area contributed by atoms with Crippen LogP contribution in [0, 0.1) is 20.8 Å². The Morgan fingerprint density at radius 2 is 1.93 bits per heavy atom. The van der Waals surface area contributed by atoms with Crippen molar-refractivity contribution in [3.05, 3.63) is 62.1 Å². The Morgan fingerprint density at radius 3 is 2.67 bits per heavy atom. The number of fused-ring (bicyclic) bond motifs is 3. The quantitative estimate of drug-likeness (QED) is 0.575. The summed E-state index contributed by atoms with van der Waals surface area (Å²) in [4.78, 5) is 31.0. The molecule has 0 aliphatic rings. The summed E-state index contributed by atoms with van der Waals surface area (Å²) in [6.07, 6.45) is 1.88. The molecule has 0 amide bonds. The number of anilines is 1. The second-order valence-electron chi connectivity index (χ2n) is 6.92. The molecule has 0 aliphatic carbocycles. The van der Waals surface area contributed by atoms with Gasteiger partial charge in [-0.15, -0.1) is 0 Å². The van der Waals surface area contributed by atoms with Crippen molar-refractivity contribution < 1.29 is 0 Å². The standard InChI is InChI=1S/C19H22N6O2/c1-11-5-6-14(9-12(11)2)20-7-8-24-13(3)10-25-15-16(21-18(24)25)23(4)19(27)22-17(15)26/h5-6,9-10,20H,7-8H2,1-4H3,(H,22,26,27). The van der Waals surface area contributed by atoms with E-state index in [-0.39, 0.29) is 0 Å². The molecule has 1 aromatic carbocycles.